The van der Waals surface area contributed by atoms with Crippen LogP contribution < -0.4 is 19.5 Å². The maximum Gasteiger partial charge on any atom is 0.251 e. The predicted octanol–water partition coefficient (Wildman–Crippen LogP) is 3.38. The third kappa shape index (κ3) is 6.79. The number of ether oxygens (including phenoxy) is 2. The second-order valence-electron chi connectivity index (χ2n) is 7.67. The van der Waals surface area contributed by atoms with Crippen LogP contribution in [0.15, 0.2) is 65.8 Å². The van der Waals surface area contributed by atoms with E-state index in [-0.39, 0.29) is 23.9 Å². The van der Waals surface area contributed by atoms with Crippen molar-refractivity contribution in [1.82, 2.24) is 15.0 Å². The third-order valence-corrected chi connectivity index (χ3v) is 6.56. The lowest BCUT2D eigenvalue weighted by Crippen LogP contribution is -2.35. The van der Waals surface area contributed by atoms with Crippen molar-refractivity contribution in [1.29, 1.82) is 0 Å². The highest BCUT2D eigenvalue weighted by Gasteiger charge is 2.17. The Hall–Kier alpha value is -3.43. The van der Waals surface area contributed by atoms with Crippen molar-refractivity contribution in [2.45, 2.75) is 32.3 Å². The number of aryl methyl sites for hydroxylation is 2. The van der Waals surface area contributed by atoms with Crippen molar-refractivity contribution in [2.75, 3.05) is 19.7 Å². The number of hydrogen-bond acceptors (Lipinski definition) is 6. The molecule has 1 amide bonds. The standard InChI is InChI=1S/C25H29N3O5S/c1-4-32-23-15-21(9-10-22(23)33-17-20-6-5-11-26-16-20)25(29)27-12-13-28-34(30,31)24-14-18(2)7-8-19(24)3/h5-11,14-16,28H,4,12-13,17H2,1-3H3,(H,27,29). The molecule has 8 nitrogen and oxygen atoms in total. The van der Waals surface area contributed by atoms with Gasteiger partial charge in [0, 0.05) is 36.6 Å². The van der Waals surface area contributed by atoms with Crippen molar-refractivity contribution in [3.05, 3.63) is 83.2 Å². The summed E-state index contributed by atoms with van der Waals surface area (Å²) in [6.45, 7) is 6.35. The summed E-state index contributed by atoms with van der Waals surface area (Å²) < 4.78 is 39.2. The minimum atomic E-state index is -3.67. The van der Waals surface area contributed by atoms with Gasteiger partial charge in [0.25, 0.3) is 5.91 Å². The molecule has 0 unspecified atom stereocenters. The van der Waals surface area contributed by atoms with E-state index in [0.717, 1.165) is 11.1 Å². The van der Waals surface area contributed by atoms with Crippen molar-refractivity contribution in [2.24, 2.45) is 0 Å². The van der Waals surface area contributed by atoms with Crippen molar-refractivity contribution >= 4 is 15.9 Å². The first kappa shape index (κ1) is 25.2. The van der Waals surface area contributed by atoms with E-state index < -0.39 is 10.0 Å². The smallest absolute Gasteiger partial charge is 0.251 e. The summed E-state index contributed by atoms with van der Waals surface area (Å²) in [7, 11) is -3.67. The van der Waals surface area contributed by atoms with E-state index in [2.05, 4.69) is 15.0 Å². The van der Waals surface area contributed by atoms with Crippen LogP contribution in [-0.4, -0.2) is 39.0 Å². The van der Waals surface area contributed by atoms with Gasteiger partial charge < -0.3 is 14.8 Å². The fourth-order valence-corrected chi connectivity index (χ4v) is 4.58. The van der Waals surface area contributed by atoms with E-state index in [1.165, 1.54) is 0 Å². The first-order chi connectivity index (χ1) is 16.3. The molecule has 2 aromatic carbocycles. The molecule has 0 saturated carbocycles. The number of benzene rings is 2. The number of pyridine rings is 1. The Morgan fingerprint density at radius 3 is 2.56 bits per heavy atom. The summed E-state index contributed by atoms with van der Waals surface area (Å²) in [6, 6.07) is 13.9. The molecule has 0 aliphatic carbocycles. The summed E-state index contributed by atoms with van der Waals surface area (Å²) in [4.78, 5) is 16.9. The number of carbonyl (C=O) groups excluding carboxylic acids is 1. The molecule has 0 bridgehead atoms. The molecule has 0 fully saturated rings. The first-order valence-electron chi connectivity index (χ1n) is 10.9. The van der Waals surface area contributed by atoms with Crippen LogP contribution in [-0.2, 0) is 16.6 Å². The average Bonchev–Trinajstić information content (AvgIpc) is 2.83. The summed E-state index contributed by atoms with van der Waals surface area (Å²) in [6.07, 6.45) is 3.41. The fourth-order valence-electron chi connectivity index (χ4n) is 3.22. The zero-order valence-corrected chi connectivity index (χ0v) is 20.3. The van der Waals surface area contributed by atoms with E-state index in [1.807, 2.05) is 32.0 Å². The summed E-state index contributed by atoms with van der Waals surface area (Å²) in [5.74, 6) is 0.629. The van der Waals surface area contributed by atoms with E-state index in [0.29, 0.717) is 35.8 Å². The topological polar surface area (TPSA) is 107 Å². The van der Waals surface area contributed by atoms with Crippen LogP contribution in [0.4, 0.5) is 0 Å². The molecule has 3 aromatic rings. The zero-order valence-electron chi connectivity index (χ0n) is 19.5. The van der Waals surface area contributed by atoms with Gasteiger partial charge in [0.2, 0.25) is 10.0 Å². The van der Waals surface area contributed by atoms with E-state index in [1.54, 1.807) is 49.6 Å². The normalized spacial score (nSPS) is 11.1. The van der Waals surface area contributed by atoms with Crippen LogP contribution in [0.5, 0.6) is 11.5 Å². The molecule has 1 heterocycles. The van der Waals surface area contributed by atoms with Gasteiger partial charge in [0.15, 0.2) is 11.5 Å². The summed E-state index contributed by atoms with van der Waals surface area (Å²) >= 11 is 0. The van der Waals surface area contributed by atoms with Gasteiger partial charge in [0.05, 0.1) is 11.5 Å². The van der Waals surface area contributed by atoms with E-state index in [4.69, 9.17) is 9.47 Å². The molecular weight excluding hydrogens is 454 g/mol. The maximum absolute atomic E-state index is 12.6. The van der Waals surface area contributed by atoms with Crippen LogP contribution in [0, 0.1) is 13.8 Å². The lowest BCUT2D eigenvalue weighted by Gasteiger charge is -2.14. The lowest BCUT2D eigenvalue weighted by molar-refractivity contribution is 0.0953. The number of rotatable bonds is 11. The number of nitrogens with zero attached hydrogens (tertiary/aromatic N) is 1. The number of carbonyl (C=O) groups is 1. The Balaban J connectivity index is 1.57. The molecule has 3 rings (SSSR count). The molecule has 0 saturated heterocycles. The largest absolute Gasteiger partial charge is 0.490 e. The van der Waals surface area contributed by atoms with Crippen molar-refractivity contribution in [3.63, 3.8) is 0 Å². The van der Waals surface area contributed by atoms with Gasteiger partial charge in [-0.1, -0.05) is 18.2 Å². The van der Waals surface area contributed by atoms with Crippen LogP contribution in [0.1, 0.15) is 34.0 Å². The highest BCUT2D eigenvalue weighted by atomic mass is 32.2. The molecule has 1 aromatic heterocycles. The Labute approximate surface area is 200 Å². The Kier molecular flexibility index (Phi) is 8.61. The highest BCUT2D eigenvalue weighted by Crippen LogP contribution is 2.29. The van der Waals surface area contributed by atoms with Crippen LogP contribution >= 0.6 is 0 Å². The predicted molar refractivity (Wildman–Crippen MR) is 130 cm³/mol. The third-order valence-electron chi connectivity index (χ3n) is 4.96. The van der Waals surface area contributed by atoms with Crippen LogP contribution in [0.25, 0.3) is 0 Å². The molecule has 0 spiro atoms. The average molecular weight is 484 g/mol. The minimum Gasteiger partial charge on any atom is -0.490 e. The Morgan fingerprint density at radius 2 is 1.82 bits per heavy atom. The summed E-state index contributed by atoms with van der Waals surface area (Å²) in [5, 5.41) is 2.73. The number of nitrogens with one attached hydrogen (secondary N) is 2. The molecule has 0 radical (unpaired) electrons. The van der Waals surface area contributed by atoms with Crippen molar-refractivity contribution in [3.8, 4) is 11.5 Å². The number of hydrogen-bond donors (Lipinski definition) is 2. The SMILES string of the molecule is CCOc1cc(C(=O)NCCNS(=O)(=O)c2cc(C)ccc2C)ccc1OCc1cccnc1. The highest BCUT2D eigenvalue weighted by molar-refractivity contribution is 7.89. The van der Waals surface area contributed by atoms with Crippen LogP contribution in [0.2, 0.25) is 0 Å². The second kappa shape index (κ2) is 11.6. The van der Waals surface area contributed by atoms with Crippen molar-refractivity contribution < 1.29 is 22.7 Å². The molecule has 0 atom stereocenters. The molecule has 180 valence electrons. The van der Waals surface area contributed by atoms with Gasteiger partial charge in [-0.15, -0.1) is 0 Å². The maximum atomic E-state index is 12.6. The van der Waals surface area contributed by atoms with Gasteiger partial charge in [0.1, 0.15) is 6.61 Å². The van der Waals surface area contributed by atoms with E-state index >= 15 is 0 Å². The van der Waals surface area contributed by atoms with Gasteiger partial charge >= 0.3 is 0 Å². The first-order valence-corrected chi connectivity index (χ1v) is 12.4. The van der Waals surface area contributed by atoms with E-state index in [9.17, 15) is 13.2 Å². The quantitative estimate of drug-likeness (QED) is 0.405. The van der Waals surface area contributed by atoms with Gasteiger partial charge in [-0.3, -0.25) is 9.78 Å². The van der Waals surface area contributed by atoms with Crippen LogP contribution in [0.3, 0.4) is 0 Å². The monoisotopic (exact) mass is 483 g/mol. The number of amides is 1. The molecule has 9 heteroatoms. The second-order valence-corrected chi connectivity index (χ2v) is 9.40. The number of aromatic nitrogens is 1. The van der Waals surface area contributed by atoms with Gasteiger partial charge in [-0.05, 0) is 62.2 Å². The molecule has 0 aliphatic heterocycles. The number of sulfonamides is 1. The molecule has 0 aliphatic rings. The molecule has 34 heavy (non-hydrogen) atoms. The molecule has 2 N–H and O–H groups in total. The Bertz CT molecular complexity index is 1230. The summed E-state index contributed by atoms with van der Waals surface area (Å²) in [5.41, 5.74) is 2.82. The zero-order chi connectivity index (χ0) is 24.6. The lowest BCUT2D eigenvalue weighted by atomic mass is 10.2. The Morgan fingerprint density at radius 1 is 1.00 bits per heavy atom. The molecular formula is C25H29N3O5S. The fraction of sp³-hybridized carbons (Fsp3) is 0.280. The van der Waals surface area contributed by atoms with Gasteiger partial charge in [-0.2, -0.15) is 0 Å². The minimum absolute atomic E-state index is 0.0616. The van der Waals surface area contributed by atoms with Gasteiger partial charge in [-0.25, -0.2) is 13.1 Å².